The van der Waals surface area contributed by atoms with Gasteiger partial charge in [-0.1, -0.05) is 46.8 Å². The van der Waals surface area contributed by atoms with Crippen molar-refractivity contribution in [1.29, 1.82) is 0 Å². The van der Waals surface area contributed by atoms with Crippen LogP contribution < -0.4 is 47.9 Å². The Labute approximate surface area is 628 Å². The Balaban J connectivity index is 0.000000171. The maximum Gasteiger partial charge on any atom is 0.353 e. The predicted octanol–water partition coefficient (Wildman–Crippen LogP) is -1.44. The van der Waals surface area contributed by atoms with Gasteiger partial charge in [-0.05, 0) is 83.3 Å². The number of aliphatic carboxylic acids is 3. The van der Waals surface area contributed by atoms with Gasteiger partial charge in [-0.3, -0.25) is 38.4 Å². The van der Waals surface area contributed by atoms with E-state index in [2.05, 4.69) is 36.9 Å². The molecule has 1 aromatic rings. The summed E-state index contributed by atoms with van der Waals surface area (Å²) in [5, 5.41) is 57.9. The van der Waals surface area contributed by atoms with Crippen molar-refractivity contribution >= 4 is 116 Å². The first kappa shape index (κ1) is 81.8. The molecule has 11 aliphatic heterocycles. The highest BCUT2D eigenvalue weighted by Gasteiger charge is 2.63. The topological polar surface area (TPSA) is 497 Å². The molecule has 0 saturated carbocycles. The highest BCUT2D eigenvalue weighted by molar-refractivity contribution is 8.04. The van der Waals surface area contributed by atoms with Crippen molar-refractivity contribution in [2.24, 2.45) is 75.8 Å². The third kappa shape index (κ3) is 17.0. The average Bonchev–Trinajstić information content (AvgIpc) is 1.56. The number of carbonyl (C=O) groups is 12. The normalized spacial score (nSPS) is 31.6. The fourth-order valence-electron chi connectivity index (χ4n) is 17.5. The molecule has 15 N–H and O–H groups in total. The zero-order chi connectivity index (χ0) is 77.4. The molecule has 0 radical (unpaired) electrons. The summed E-state index contributed by atoms with van der Waals surface area (Å²) in [5.74, 6) is -6.53. The molecule has 584 valence electrons. The van der Waals surface area contributed by atoms with E-state index < -0.39 is 46.0 Å². The summed E-state index contributed by atoms with van der Waals surface area (Å²) in [4.78, 5) is 159. The lowest BCUT2D eigenvalue weighted by Crippen LogP contribution is -2.62. The number of amides is 6. The van der Waals surface area contributed by atoms with E-state index in [1.54, 1.807) is 23.5 Å². The second-order valence-corrected chi connectivity index (χ2v) is 35.4. The fourth-order valence-corrected chi connectivity index (χ4v) is 22.4. The number of carbonyl (C=O) groups excluding carboxylic acids is 9. The number of fused-ring (bicyclic) bond motifs is 3. The van der Waals surface area contributed by atoms with Crippen LogP contribution >= 0.6 is 35.3 Å². The first-order chi connectivity index (χ1) is 50.1. The highest BCUT2D eigenvalue weighted by atomic mass is 32.2. The SMILES string of the molecule is CC(=O)C[C@H](C)[C@H]1C(=O)N2C(C(=O)O)=C(S[C@@H]3CN[C@H](C(=O)N4CC[C@@H](CN)C4)C3)[C@H](C)[C@@H]12.CNCC(=O)C[C@H](C)[C@H]1C(=O)N2C(C(=O)O)=C(S[C@@H]3CN[C@H](C(=O)N4CCC(n5cc(CN)nn5)C4)C3)[C@H](C)[C@@H]12.CNCC(=O)C[C@H](C)[C@H]1C(=O)N2C(C(=O)O)=C(S[C@@H]3CN[C@H](C(=O)NS(N)(=O)=O)C3)[C@H](C)[C@H]12. The Morgan fingerprint density at radius 1 is 0.604 bits per heavy atom. The number of nitrogens with one attached hydrogen (secondary N) is 6. The van der Waals surface area contributed by atoms with Crippen molar-refractivity contribution in [3.63, 3.8) is 0 Å². The van der Waals surface area contributed by atoms with Gasteiger partial charge in [0.1, 0.15) is 34.4 Å². The third-order valence-electron chi connectivity index (χ3n) is 22.5. The van der Waals surface area contributed by atoms with Crippen LogP contribution in [0, 0.1) is 59.2 Å². The minimum atomic E-state index is -4.17. The van der Waals surface area contributed by atoms with Gasteiger partial charge in [-0.15, -0.1) is 40.4 Å². The lowest BCUT2D eigenvalue weighted by atomic mass is 9.73. The van der Waals surface area contributed by atoms with Crippen molar-refractivity contribution in [2.45, 2.75) is 164 Å². The zero-order valence-corrected chi connectivity index (χ0v) is 64.3. The Morgan fingerprint density at radius 3 is 1.35 bits per heavy atom. The smallest absolute Gasteiger partial charge is 0.353 e. The van der Waals surface area contributed by atoms with Crippen molar-refractivity contribution in [3.8, 4) is 0 Å². The molecule has 38 heteroatoms. The number of hydrogen-bond acceptors (Lipinski definition) is 26. The Kier molecular flexibility index (Phi) is 26.3. The lowest BCUT2D eigenvalue weighted by Gasteiger charge is -2.47. The molecule has 1 unspecified atom stereocenters. The summed E-state index contributed by atoms with van der Waals surface area (Å²) < 4.78 is 25.7. The number of thioether (sulfide) groups is 3. The van der Waals surface area contributed by atoms with Crippen LogP contribution in [0.2, 0.25) is 0 Å². The number of hydrogen-bond donors (Lipinski definition) is 12. The molecule has 20 atom stereocenters. The summed E-state index contributed by atoms with van der Waals surface area (Å²) in [7, 11) is -0.795. The highest BCUT2D eigenvalue weighted by Crippen LogP contribution is 2.56. The first-order valence-corrected chi connectivity index (χ1v) is 40.5. The van der Waals surface area contributed by atoms with E-state index in [0.29, 0.717) is 97.9 Å². The lowest BCUT2D eigenvalue weighted by molar-refractivity contribution is -0.160. The summed E-state index contributed by atoms with van der Waals surface area (Å²) >= 11 is 4.25. The van der Waals surface area contributed by atoms with Gasteiger partial charge in [0.2, 0.25) is 29.5 Å². The predicted molar refractivity (Wildman–Crippen MR) is 390 cm³/mol. The van der Waals surface area contributed by atoms with Crippen molar-refractivity contribution < 1.29 is 81.3 Å². The fraction of sp³-hybridized carbons (Fsp3) is 0.706. The first-order valence-electron chi connectivity index (χ1n) is 36.3. The summed E-state index contributed by atoms with van der Waals surface area (Å²) in [6.07, 6.45) is 5.85. The number of nitrogens with zero attached hydrogens (tertiary/aromatic N) is 8. The van der Waals surface area contributed by atoms with Crippen LogP contribution in [0.25, 0.3) is 0 Å². The van der Waals surface area contributed by atoms with Crippen LogP contribution in [0.15, 0.2) is 38.0 Å². The summed E-state index contributed by atoms with van der Waals surface area (Å²) in [6, 6.07) is -2.14. The Hall–Kier alpha value is -6.72. The van der Waals surface area contributed by atoms with Gasteiger partial charge in [0, 0.05) is 120 Å². The van der Waals surface area contributed by atoms with E-state index in [0.717, 1.165) is 19.4 Å². The monoisotopic (exact) mass is 1560 g/mol. The molecule has 1 aromatic heterocycles. The van der Waals surface area contributed by atoms with Gasteiger partial charge in [-0.2, -0.15) is 8.42 Å². The standard InChI is InChI=1S/C26H38N8O5S.C23H34N4O5S.C19H29N5O7S2/c1-13(6-17(35)9-28-3)20-21-14(2)23(22(26(38)39)34(21)25(20)37)40-18-7-19(29-10-18)24(36)32-5-4-16(12-32)33-11-15(8-27)30-31-33;1-11(6-12(2)28)17-18-13(3)20(19(23(31)32)27(18)22(17)30)33-15-7-16(25-9-15)21(29)26-5-4-14(8-24)10-26;1-8(4-10(25)6-21-3)13-14-9(2)16(15(19(28)29)24(14)18(13)27)32-11-5-12(22-7-11)17(26)23-33(20,30)31/h11,13-14,16,18-21,28-29H,4-10,12,27H2,1-3H3,(H,38,39);11,13-18,25H,4-10,24H2,1-3H3,(H,31,32);8-9,11-14,21-22H,4-7H2,1-3H3,(H,23,26)(H,28,29)(H2,20,30,31)/t13-,14+,16?,18-,19-,20+,21-;11-,13+,14-,15-,16-,17+,18-;8-,9+,11-,12-,13+,14+/m000/s1. The van der Waals surface area contributed by atoms with Gasteiger partial charge in [0.05, 0.1) is 85.0 Å². The van der Waals surface area contributed by atoms with Gasteiger partial charge in [-0.25, -0.2) is 28.9 Å². The number of β-lactam (4-membered cyclic amide) rings is 3. The molecular weight excluding hydrogens is 1460 g/mol. The van der Waals surface area contributed by atoms with E-state index in [4.69, 9.17) is 16.6 Å². The molecule has 11 aliphatic rings. The molecule has 106 heavy (non-hydrogen) atoms. The number of likely N-dealkylation sites (N-methyl/N-ethyl adjacent to an activating group) is 2. The van der Waals surface area contributed by atoms with Gasteiger partial charge in [0.25, 0.3) is 16.1 Å². The van der Waals surface area contributed by atoms with E-state index in [1.165, 1.54) is 56.9 Å². The number of aromatic nitrogens is 3. The number of carboxylic acids is 3. The van der Waals surface area contributed by atoms with Gasteiger partial charge >= 0.3 is 17.9 Å². The number of rotatable bonds is 29. The van der Waals surface area contributed by atoms with Crippen LogP contribution in [-0.2, 0) is 74.3 Å². The van der Waals surface area contributed by atoms with Crippen molar-refractivity contribution in [1.82, 2.24) is 70.8 Å². The van der Waals surface area contributed by atoms with Crippen molar-refractivity contribution in [3.05, 3.63) is 43.7 Å². The molecule has 0 aliphatic carbocycles. The molecule has 0 bridgehead atoms. The van der Waals surface area contributed by atoms with Crippen molar-refractivity contribution in [2.75, 3.05) is 79.5 Å². The number of Topliss-reactive ketones (excluding diaryl/α,β-unsaturated/α-hetero) is 3. The van der Waals surface area contributed by atoms with Crippen LogP contribution in [-0.4, -0.2) is 265 Å². The molecule has 0 spiro atoms. The van der Waals surface area contributed by atoms with Gasteiger partial charge < -0.3 is 82.7 Å². The molecular formula is C68H101N17O17S4. The average molecular weight is 1560 g/mol. The second-order valence-electron chi connectivity index (χ2n) is 30.1. The van der Waals surface area contributed by atoms with Crippen LogP contribution in [0.3, 0.4) is 0 Å². The van der Waals surface area contributed by atoms with E-state index in [-0.39, 0.29) is 196 Å². The summed E-state index contributed by atoms with van der Waals surface area (Å²) in [6.45, 7) is 18.5. The minimum Gasteiger partial charge on any atom is -0.477 e. The molecule has 8 saturated heterocycles. The molecule has 8 fully saturated rings. The molecule has 12 heterocycles. The van der Waals surface area contributed by atoms with Crippen LogP contribution in [0.1, 0.15) is 112 Å². The van der Waals surface area contributed by atoms with Crippen LogP contribution in [0.5, 0.6) is 0 Å². The number of nitrogens with two attached hydrogens (primary N) is 3. The molecule has 6 amide bonds. The van der Waals surface area contributed by atoms with Crippen LogP contribution in [0.4, 0.5) is 0 Å². The number of carboxylic acid groups (broad SMARTS) is 3. The quantitative estimate of drug-likeness (QED) is 0.0409. The minimum absolute atomic E-state index is 0.00320. The molecule has 12 rings (SSSR count). The third-order valence-corrected chi connectivity index (χ3v) is 27.5. The maximum absolute atomic E-state index is 13.3. The van der Waals surface area contributed by atoms with Gasteiger partial charge in [0.15, 0.2) is 0 Å². The molecule has 34 nitrogen and oxygen atoms in total. The van der Waals surface area contributed by atoms with E-state index in [9.17, 15) is 81.3 Å². The Morgan fingerprint density at radius 2 is 0.991 bits per heavy atom. The summed E-state index contributed by atoms with van der Waals surface area (Å²) in [5.41, 5.74) is 12.2. The zero-order valence-electron chi connectivity index (χ0n) is 61.1. The van der Waals surface area contributed by atoms with E-state index >= 15 is 0 Å². The second kappa shape index (κ2) is 34.0. The largest absolute Gasteiger partial charge is 0.477 e. The Bertz CT molecular complexity index is 3880. The van der Waals surface area contributed by atoms with E-state index in [1.807, 2.05) is 57.5 Å². The molecule has 0 aromatic carbocycles. The maximum atomic E-state index is 13.3. The number of likely N-dealkylation sites (tertiary alicyclic amines) is 2. The number of ketones is 3.